The monoisotopic (exact) mass is 296 g/mol. The number of rotatable bonds is 5. The fraction of sp³-hybridized carbons (Fsp3) is 0.375. The number of ether oxygens (including phenoxy) is 1. The van der Waals surface area contributed by atoms with E-state index in [0.29, 0.717) is 25.0 Å². The second-order valence-electron chi connectivity index (χ2n) is 5.41. The molecule has 1 saturated carbocycles. The summed E-state index contributed by atoms with van der Waals surface area (Å²) in [6.07, 6.45) is 6.98. The highest BCUT2D eigenvalue weighted by Gasteiger charge is 2.63. The number of aromatic nitrogens is 3. The molecule has 0 N–H and O–H groups in total. The molecule has 0 amide bonds. The molecular weight excluding hydrogens is 280 g/mol. The van der Waals surface area contributed by atoms with Gasteiger partial charge in [-0.2, -0.15) is 5.26 Å². The molecule has 3 rings (SSSR count). The summed E-state index contributed by atoms with van der Waals surface area (Å²) >= 11 is 0. The van der Waals surface area contributed by atoms with Gasteiger partial charge < -0.3 is 4.74 Å². The molecule has 0 aromatic carbocycles. The Morgan fingerprint density at radius 1 is 1.55 bits per heavy atom. The maximum Gasteiger partial charge on any atom is 0.318 e. The van der Waals surface area contributed by atoms with Crippen LogP contribution in [0.15, 0.2) is 36.9 Å². The number of esters is 1. The highest BCUT2D eigenvalue weighted by Crippen LogP contribution is 2.56. The molecule has 0 spiro atoms. The van der Waals surface area contributed by atoms with E-state index >= 15 is 0 Å². The molecule has 0 aliphatic heterocycles. The van der Waals surface area contributed by atoms with E-state index in [1.54, 1.807) is 17.1 Å². The van der Waals surface area contributed by atoms with Gasteiger partial charge in [-0.25, -0.2) is 9.97 Å². The van der Waals surface area contributed by atoms with Crippen molar-refractivity contribution in [3.63, 3.8) is 0 Å². The minimum atomic E-state index is -0.703. The third kappa shape index (κ3) is 2.25. The lowest BCUT2D eigenvalue weighted by atomic mass is 9.98. The van der Waals surface area contributed by atoms with E-state index in [9.17, 15) is 4.79 Å². The fourth-order valence-electron chi connectivity index (χ4n) is 2.95. The van der Waals surface area contributed by atoms with Gasteiger partial charge in [0.1, 0.15) is 17.6 Å². The summed E-state index contributed by atoms with van der Waals surface area (Å²) in [7, 11) is 1.39. The number of carbonyl (C=O) groups excluding carboxylic acids is 1. The van der Waals surface area contributed by atoms with Crippen LogP contribution in [0, 0.1) is 17.2 Å². The van der Waals surface area contributed by atoms with E-state index in [4.69, 9.17) is 10.00 Å². The molecule has 2 aromatic heterocycles. The Bertz CT molecular complexity index is 719. The minimum absolute atomic E-state index is 0.117. The minimum Gasteiger partial charge on any atom is -0.468 e. The molecule has 2 atom stereocenters. The van der Waals surface area contributed by atoms with Crippen LogP contribution in [0.4, 0.5) is 0 Å². The molecule has 112 valence electrons. The van der Waals surface area contributed by atoms with Crippen LogP contribution in [0.25, 0.3) is 5.82 Å². The second-order valence-corrected chi connectivity index (χ2v) is 5.41. The Balaban J connectivity index is 1.90. The second kappa shape index (κ2) is 5.60. The zero-order valence-electron chi connectivity index (χ0n) is 12.3. The molecule has 1 aliphatic carbocycles. The van der Waals surface area contributed by atoms with Crippen LogP contribution in [-0.4, -0.2) is 27.6 Å². The van der Waals surface area contributed by atoms with E-state index < -0.39 is 5.41 Å². The Labute approximate surface area is 128 Å². The predicted molar refractivity (Wildman–Crippen MR) is 78.0 cm³/mol. The quantitative estimate of drug-likeness (QED) is 0.788. The number of hydrogen-bond acceptors (Lipinski definition) is 5. The molecule has 0 radical (unpaired) electrons. The highest BCUT2D eigenvalue weighted by atomic mass is 16.5. The normalized spacial score (nSPS) is 22.8. The van der Waals surface area contributed by atoms with E-state index in [-0.39, 0.29) is 11.9 Å². The lowest BCUT2D eigenvalue weighted by Gasteiger charge is -2.12. The van der Waals surface area contributed by atoms with Crippen LogP contribution in [0.3, 0.4) is 0 Å². The summed E-state index contributed by atoms with van der Waals surface area (Å²) in [6.45, 7) is 0. The first-order chi connectivity index (χ1) is 10.7. The van der Waals surface area contributed by atoms with Gasteiger partial charge in [-0.15, -0.1) is 0 Å². The molecule has 0 bridgehead atoms. The van der Waals surface area contributed by atoms with Crippen LogP contribution in [0.2, 0.25) is 0 Å². The third-order valence-electron chi connectivity index (χ3n) is 4.21. The molecule has 0 unspecified atom stereocenters. The topological polar surface area (TPSA) is 80.8 Å². The Hall–Kier alpha value is -2.68. The van der Waals surface area contributed by atoms with E-state index in [2.05, 4.69) is 16.0 Å². The average Bonchev–Trinajstić information content (AvgIpc) is 3.08. The zero-order valence-corrected chi connectivity index (χ0v) is 12.3. The van der Waals surface area contributed by atoms with Gasteiger partial charge >= 0.3 is 5.97 Å². The summed E-state index contributed by atoms with van der Waals surface area (Å²) in [5.74, 6) is 0.587. The van der Waals surface area contributed by atoms with Gasteiger partial charge in [0, 0.05) is 18.8 Å². The van der Waals surface area contributed by atoms with Crippen molar-refractivity contribution in [2.75, 3.05) is 7.11 Å². The van der Waals surface area contributed by atoms with Crippen LogP contribution >= 0.6 is 0 Å². The molecule has 1 aliphatic rings. The summed E-state index contributed by atoms with van der Waals surface area (Å²) in [5, 5.41) is 8.74. The first kappa shape index (κ1) is 14.3. The Kier molecular flexibility index (Phi) is 3.63. The number of nitriles is 1. The van der Waals surface area contributed by atoms with E-state index in [1.807, 2.05) is 24.4 Å². The molecule has 2 aromatic rings. The molecule has 6 heteroatoms. The van der Waals surface area contributed by atoms with Crippen LogP contribution in [-0.2, 0) is 14.9 Å². The summed E-state index contributed by atoms with van der Waals surface area (Å²) in [4.78, 5) is 20.9. The van der Waals surface area contributed by atoms with E-state index in [0.717, 1.165) is 5.82 Å². The SMILES string of the molecule is COC(=O)[C@]1(c2cn(-c3ccccn3)cn2)C[C@@H]1CCC#N. The van der Waals surface area contributed by atoms with E-state index in [1.165, 1.54) is 7.11 Å². The molecule has 1 fully saturated rings. The van der Waals surface area contributed by atoms with Crippen molar-refractivity contribution in [2.45, 2.75) is 24.7 Å². The Morgan fingerprint density at radius 2 is 2.41 bits per heavy atom. The van der Waals surface area contributed by atoms with Crippen molar-refractivity contribution in [3.05, 3.63) is 42.6 Å². The smallest absolute Gasteiger partial charge is 0.318 e. The van der Waals surface area contributed by atoms with Crippen LogP contribution in [0.1, 0.15) is 25.0 Å². The van der Waals surface area contributed by atoms with Crippen molar-refractivity contribution >= 4 is 5.97 Å². The Morgan fingerprint density at radius 3 is 3.09 bits per heavy atom. The summed E-state index contributed by atoms with van der Waals surface area (Å²) in [5.41, 5.74) is -0.0148. The van der Waals surface area contributed by atoms with Gasteiger partial charge in [0.15, 0.2) is 0 Å². The van der Waals surface area contributed by atoms with Gasteiger partial charge in [-0.3, -0.25) is 9.36 Å². The molecular formula is C16H16N4O2. The van der Waals surface area contributed by atoms with Gasteiger partial charge in [-0.1, -0.05) is 6.07 Å². The van der Waals surface area contributed by atoms with Gasteiger partial charge in [0.25, 0.3) is 0 Å². The maximum absolute atomic E-state index is 12.2. The molecule has 6 nitrogen and oxygen atoms in total. The van der Waals surface area contributed by atoms with Crippen molar-refractivity contribution < 1.29 is 9.53 Å². The van der Waals surface area contributed by atoms with Crippen LogP contribution < -0.4 is 0 Å². The molecule has 22 heavy (non-hydrogen) atoms. The lowest BCUT2D eigenvalue weighted by molar-refractivity contribution is -0.144. The third-order valence-corrected chi connectivity index (χ3v) is 4.21. The van der Waals surface area contributed by atoms with Gasteiger partial charge in [0.2, 0.25) is 0 Å². The predicted octanol–water partition coefficient (Wildman–Crippen LogP) is 2.00. The number of nitrogens with zero attached hydrogens (tertiary/aromatic N) is 4. The largest absolute Gasteiger partial charge is 0.468 e. The van der Waals surface area contributed by atoms with Crippen molar-refractivity contribution in [1.82, 2.24) is 14.5 Å². The van der Waals surface area contributed by atoms with Crippen LogP contribution in [0.5, 0.6) is 0 Å². The van der Waals surface area contributed by atoms with Crippen molar-refractivity contribution in [2.24, 2.45) is 5.92 Å². The first-order valence-electron chi connectivity index (χ1n) is 7.13. The fourth-order valence-corrected chi connectivity index (χ4v) is 2.95. The average molecular weight is 296 g/mol. The number of imidazole rings is 1. The summed E-state index contributed by atoms with van der Waals surface area (Å²) < 4.78 is 6.76. The molecule has 2 heterocycles. The summed E-state index contributed by atoms with van der Waals surface area (Å²) in [6, 6.07) is 7.74. The highest BCUT2D eigenvalue weighted by molar-refractivity contribution is 5.86. The standard InChI is InChI=1S/C16H16N4O2/c1-22-15(21)16(9-12(16)5-4-7-17)13-10-20(11-19-13)14-6-2-3-8-18-14/h2-3,6,8,10-12H,4-5,9H2,1H3/t12-,16+/m0/s1. The first-order valence-corrected chi connectivity index (χ1v) is 7.13. The lowest BCUT2D eigenvalue weighted by Crippen LogP contribution is -2.25. The molecule has 0 saturated heterocycles. The van der Waals surface area contributed by atoms with Crippen molar-refractivity contribution in [3.8, 4) is 11.9 Å². The number of hydrogen-bond donors (Lipinski definition) is 0. The number of carbonyl (C=O) groups is 1. The van der Waals surface area contributed by atoms with Gasteiger partial charge in [0.05, 0.1) is 18.9 Å². The number of methoxy groups -OCH3 is 1. The van der Waals surface area contributed by atoms with Crippen molar-refractivity contribution in [1.29, 1.82) is 5.26 Å². The maximum atomic E-state index is 12.2. The zero-order chi connectivity index (χ0) is 15.6. The van der Waals surface area contributed by atoms with Gasteiger partial charge in [-0.05, 0) is 30.9 Å². The number of pyridine rings is 1.